The van der Waals surface area contributed by atoms with Gasteiger partial charge in [-0.05, 0) is 25.8 Å². The molecule has 2 aromatic heterocycles. The number of rotatable bonds is 7. The minimum atomic E-state index is -0.619. The number of thiophene rings is 1. The third-order valence-corrected chi connectivity index (χ3v) is 5.69. The molecule has 6 nitrogen and oxygen atoms in total. The number of hydrogen-bond donors (Lipinski definition) is 1. The van der Waals surface area contributed by atoms with E-state index in [1.807, 2.05) is 38.1 Å². The highest BCUT2D eigenvalue weighted by molar-refractivity contribution is 7.26. The van der Waals surface area contributed by atoms with E-state index in [4.69, 9.17) is 4.74 Å². The number of carbonyl (C=O) groups is 1. The average Bonchev–Trinajstić information content (AvgIpc) is 3.04. The first kappa shape index (κ1) is 18.5. The Morgan fingerprint density at radius 3 is 2.88 bits per heavy atom. The fraction of sp³-hybridized carbons (Fsp3) is 0.421. The molecule has 26 heavy (non-hydrogen) atoms. The standard InChI is InChI=1S/C19H23N3O3S/c1-4-14(18(23)20-10-7-11-25-3)22-19(24)16-13-8-5-6-9-15(13)26-17(16)12(2)21-22/h5-6,8-9,14H,4,7,10-11H2,1-3H3,(H,20,23)/t14-/m0/s1. The van der Waals surface area contributed by atoms with Crippen molar-refractivity contribution in [3.8, 4) is 0 Å². The molecule has 1 N–H and O–H groups in total. The van der Waals surface area contributed by atoms with Crippen LogP contribution in [-0.4, -0.2) is 35.9 Å². The van der Waals surface area contributed by atoms with Crippen molar-refractivity contribution in [2.75, 3.05) is 20.3 Å². The molecule has 3 rings (SSSR count). The van der Waals surface area contributed by atoms with Crippen molar-refractivity contribution in [3.63, 3.8) is 0 Å². The van der Waals surface area contributed by atoms with E-state index in [2.05, 4.69) is 10.4 Å². The highest BCUT2D eigenvalue weighted by Crippen LogP contribution is 2.33. The molecule has 0 radical (unpaired) electrons. The van der Waals surface area contributed by atoms with Crippen molar-refractivity contribution < 1.29 is 9.53 Å². The van der Waals surface area contributed by atoms with Gasteiger partial charge < -0.3 is 10.1 Å². The molecule has 0 fully saturated rings. The maximum Gasteiger partial charge on any atom is 0.276 e. The second kappa shape index (κ2) is 7.97. The van der Waals surface area contributed by atoms with Gasteiger partial charge in [-0.3, -0.25) is 9.59 Å². The monoisotopic (exact) mass is 373 g/mol. The second-order valence-electron chi connectivity index (χ2n) is 6.20. The normalized spacial score (nSPS) is 12.6. The van der Waals surface area contributed by atoms with Crippen LogP contribution in [0.4, 0.5) is 0 Å². The molecule has 0 saturated carbocycles. The van der Waals surface area contributed by atoms with E-state index in [1.54, 1.807) is 18.4 Å². The zero-order chi connectivity index (χ0) is 18.7. The van der Waals surface area contributed by atoms with Crippen LogP contribution in [0.5, 0.6) is 0 Å². The summed E-state index contributed by atoms with van der Waals surface area (Å²) in [6.07, 6.45) is 1.23. The summed E-state index contributed by atoms with van der Waals surface area (Å²) in [6, 6.07) is 7.22. The molecular formula is C19H23N3O3S. The highest BCUT2D eigenvalue weighted by atomic mass is 32.1. The van der Waals surface area contributed by atoms with Crippen LogP contribution < -0.4 is 10.9 Å². The van der Waals surface area contributed by atoms with Crippen LogP contribution in [0.2, 0.25) is 0 Å². The van der Waals surface area contributed by atoms with E-state index < -0.39 is 6.04 Å². The summed E-state index contributed by atoms with van der Waals surface area (Å²) in [5, 5.41) is 8.92. The quantitative estimate of drug-likeness (QED) is 0.646. The second-order valence-corrected chi connectivity index (χ2v) is 7.25. The summed E-state index contributed by atoms with van der Waals surface area (Å²) < 4.78 is 8.29. The largest absolute Gasteiger partial charge is 0.385 e. The Morgan fingerprint density at radius 1 is 1.38 bits per heavy atom. The maximum absolute atomic E-state index is 13.1. The maximum atomic E-state index is 13.1. The Hall–Kier alpha value is -2.25. The van der Waals surface area contributed by atoms with Gasteiger partial charge in [-0.1, -0.05) is 25.1 Å². The molecule has 0 unspecified atom stereocenters. The molecule has 138 valence electrons. The van der Waals surface area contributed by atoms with Crippen molar-refractivity contribution in [1.29, 1.82) is 0 Å². The number of aromatic nitrogens is 2. The number of methoxy groups -OCH3 is 1. The number of fused-ring (bicyclic) bond motifs is 3. The Bertz CT molecular complexity index is 993. The summed E-state index contributed by atoms with van der Waals surface area (Å²) in [4.78, 5) is 25.7. The Morgan fingerprint density at radius 2 is 2.15 bits per heavy atom. The lowest BCUT2D eigenvalue weighted by atomic mass is 10.1. The van der Waals surface area contributed by atoms with Gasteiger partial charge in [-0.25, -0.2) is 4.68 Å². The van der Waals surface area contributed by atoms with Gasteiger partial charge in [0, 0.05) is 30.3 Å². The van der Waals surface area contributed by atoms with E-state index in [1.165, 1.54) is 4.68 Å². The lowest BCUT2D eigenvalue weighted by molar-refractivity contribution is -0.124. The lowest BCUT2D eigenvalue weighted by Crippen LogP contribution is -2.39. The van der Waals surface area contributed by atoms with Crippen molar-refractivity contribution in [2.24, 2.45) is 0 Å². The van der Waals surface area contributed by atoms with Crippen LogP contribution in [0.1, 0.15) is 31.5 Å². The smallest absolute Gasteiger partial charge is 0.276 e. The topological polar surface area (TPSA) is 73.2 Å². The first-order chi connectivity index (χ1) is 12.6. The Kier molecular flexibility index (Phi) is 5.68. The van der Waals surface area contributed by atoms with E-state index in [0.717, 1.165) is 26.9 Å². The molecule has 1 aromatic carbocycles. The van der Waals surface area contributed by atoms with E-state index >= 15 is 0 Å². The Labute approximate surface area is 155 Å². The van der Waals surface area contributed by atoms with E-state index in [0.29, 0.717) is 25.0 Å². The number of ether oxygens (including phenoxy) is 1. The molecular weight excluding hydrogens is 350 g/mol. The van der Waals surface area contributed by atoms with Gasteiger partial charge in [0.25, 0.3) is 5.56 Å². The van der Waals surface area contributed by atoms with Crippen LogP contribution in [-0.2, 0) is 9.53 Å². The number of carbonyl (C=O) groups excluding carboxylic acids is 1. The number of nitrogens with zero attached hydrogens (tertiary/aromatic N) is 2. The molecule has 0 aliphatic heterocycles. The molecule has 0 spiro atoms. The van der Waals surface area contributed by atoms with Gasteiger partial charge in [0.15, 0.2) is 0 Å². The predicted molar refractivity (Wildman–Crippen MR) is 105 cm³/mol. The summed E-state index contributed by atoms with van der Waals surface area (Å²) in [5.41, 5.74) is 0.563. The zero-order valence-corrected chi connectivity index (χ0v) is 16.1. The predicted octanol–water partition coefficient (Wildman–Crippen LogP) is 3.02. The van der Waals surface area contributed by atoms with Crippen LogP contribution in [0.25, 0.3) is 20.2 Å². The first-order valence-corrected chi connectivity index (χ1v) is 9.57. The SMILES string of the molecule is CC[C@@H](C(=O)NCCCOC)n1nc(C)c2sc3ccccc3c2c1=O. The Balaban J connectivity index is 2.03. The number of amides is 1. The summed E-state index contributed by atoms with van der Waals surface area (Å²) in [5.74, 6) is -0.184. The zero-order valence-electron chi connectivity index (χ0n) is 15.2. The highest BCUT2D eigenvalue weighted by Gasteiger charge is 2.23. The lowest BCUT2D eigenvalue weighted by Gasteiger charge is -2.17. The average molecular weight is 373 g/mol. The molecule has 3 aromatic rings. The van der Waals surface area contributed by atoms with Crippen molar-refractivity contribution in [3.05, 3.63) is 40.3 Å². The minimum absolute atomic E-state index is 0.184. The molecule has 0 saturated heterocycles. The first-order valence-electron chi connectivity index (χ1n) is 8.75. The number of aryl methyl sites for hydroxylation is 1. The minimum Gasteiger partial charge on any atom is -0.385 e. The fourth-order valence-corrected chi connectivity index (χ4v) is 4.24. The summed E-state index contributed by atoms with van der Waals surface area (Å²) in [7, 11) is 1.63. The van der Waals surface area contributed by atoms with Gasteiger partial charge in [0.05, 0.1) is 15.8 Å². The van der Waals surface area contributed by atoms with Crippen LogP contribution in [0.15, 0.2) is 29.1 Å². The number of benzene rings is 1. The summed E-state index contributed by atoms with van der Waals surface area (Å²) >= 11 is 1.57. The number of hydrogen-bond acceptors (Lipinski definition) is 5. The van der Waals surface area contributed by atoms with Gasteiger partial charge in [0.2, 0.25) is 5.91 Å². The van der Waals surface area contributed by atoms with Crippen LogP contribution in [0, 0.1) is 6.92 Å². The third-order valence-electron chi connectivity index (χ3n) is 4.41. The molecule has 0 aliphatic carbocycles. The van der Waals surface area contributed by atoms with Gasteiger partial charge in [0.1, 0.15) is 6.04 Å². The van der Waals surface area contributed by atoms with Crippen molar-refractivity contribution in [2.45, 2.75) is 32.7 Å². The van der Waals surface area contributed by atoms with Crippen LogP contribution in [0.3, 0.4) is 0 Å². The third kappa shape index (κ3) is 3.37. The summed E-state index contributed by atoms with van der Waals surface area (Å²) in [6.45, 7) is 4.87. The van der Waals surface area contributed by atoms with Gasteiger partial charge in [-0.15, -0.1) is 11.3 Å². The van der Waals surface area contributed by atoms with E-state index in [9.17, 15) is 9.59 Å². The molecule has 2 heterocycles. The van der Waals surface area contributed by atoms with Crippen molar-refractivity contribution in [1.82, 2.24) is 15.1 Å². The van der Waals surface area contributed by atoms with Gasteiger partial charge >= 0.3 is 0 Å². The van der Waals surface area contributed by atoms with E-state index in [-0.39, 0.29) is 11.5 Å². The molecule has 1 atom stereocenters. The molecule has 7 heteroatoms. The molecule has 1 amide bonds. The van der Waals surface area contributed by atoms with Crippen molar-refractivity contribution >= 4 is 37.4 Å². The number of nitrogens with one attached hydrogen (secondary N) is 1. The van der Waals surface area contributed by atoms with Crippen LogP contribution >= 0.6 is 11.3 Å². The fourth-order valence-electron chi connectivity index (χ4n) is 3.11. The van der Waals surface area contributed by atoms with Gasteiger partial charge in [-0.2, -0.15) is 5.10 Å². The molecule has 0 aliphatic rings. The molecule has 0 bridgehead atoms.